The number of carbonyl (C=O) groups excluding carboxylic acids is 4. The summed E-state index contributed by atoms with van der Waals surface area (Å²) in [4.78, 5) is 50.2. The maximum Gasteiger partial charge on any atom is 0.329 e. The van der Waals surface area contributed by atoms with E-state index in [-0.39, 0.29) is 22.2 Å². The minimum absolute atomic E-state index is 0.0270. The molecule has 1 heterocycles. The fraction of sp³-hybridized carbons (Fsp3) is 0.111. The van der Waals surface area contributed by atoms with E-state index in [1.54, 1.807) is 24.3 Å². The number of urea groups is 1. The fourth-order valence-electron chi connectivity index (χ4n) is 3.48. The zero-order chi connectivity index (χ0) is 27.2. The van der Waals surface area contributed by atoms with Gasteiger partial charge in [0.05, 0.1) is 10.7 Å². The van der Waals surface area contributed by atoms with Gasteiger partial charge in [0, 0.05) is 5.69 Å². The molecule has 1 aliphatic rings. The van der Waals surface area contributed by atoms with E-state index in [1.807, 2.05) is 19.1 Å². The van der Waals surface area contributed by atoms with Gasteiger partial charge in [0.2, 0.25) is 5.91 Å². The van der Waals surface area contributed by atoms with Crippen LogP contribution < -0.4 is 20.7 Å². The van der Waals surface area contributed by atoms with Crippen molar-refractivity contribution < 1.29 is 28.3 Å². The predicted octanol–water partition coefficient (Wildman–Crippen LogP) is 4.34. The zero-order valence-corrected chi connectivity index (χ0v) is 20.8. The van der Waals surface area contributed by atoms with Crippen LogP contribution in [0.5, 0.6) is 5.75 Å². The van der Waals surface area contributed by atoms with Gasteiger partial charge >= 0.3 is 6.03 Å². The third kappa shape index (κ3) is 6.54. The highest BCUT2D eigenvalue weighted by Crippen LogP contribution is 2.27. The van der Waals surface area contributed by atoms with Crippen LogP contribution in [0.2, 0.25) is 5.02 Å². The molecule has 3 N–H and O–H groups in total. The van der Waals surface area contributed by atoms with E-state index < -0.39 is 42.7 Å². The van der Waals surface area contributed by atoms with Crippen molar-refractivity contribution in [2.24, 2.45) is 0 Å². The largest absolute Gasteiger partial charge is 0.482 e. The van der Waals surface area contributed by atoms with Gasteiger partial charge < -0.3 is 20.7 Å². The smallest absolute Gasteiger partial charge is 0.329 e. The summed E-state index contributed by atoms with van der Waals surface area (Å²) < 4.78 is 19.1. The average Bonchev–Trinajstić information content (AvgIpc) is 3.13. The Labute approximate surface area is 222 Å². The summed E-state index contributed by atoms with van der Waals surface area (Å²) in [7, 11) is 0. The number of para-hydroxylation sites is 1. The monoisotopic (exact) mass is 536 g/mol. The minimum atomic E-state index is -0.729. The topological polar surface area (TPSA) is 117 Å². The van der Waals surface area contributed by atoms with E-state index in [2.05, 4.69) is 16.0 Å². The molecule has 9 nitrogen and oxygen atoms in total. The van der Waals surface area contributed by atoms with Crippen LogP contribution >= 0.6 is 11.6 Å². The second kappa shape index (κ2) is 11.6. The van der Waals surface area contributed by atoms with Crippen molar-refractivity contribution in [2.75, 3.05) is 23.8 Å². The Balaban J connectivity index is 1.35. The van der Waals surface area contributed by atoms with Crippen LogP contribution in [0.4, 0.5) is 20.6 Å². The Bertz CT molecular complexity index is 1440. The van der Waals surface area contributed by atoms with Crippen molar-refractivity contribution >= 4 is 52.8 Å². The van der Waals surface area contributed by atoms with Crippen LogP contribution in [0.15, 0.2) is 72.4 Å². The number of nitrogens with one attached hydrogen (secondary N) is 3. The first-order chi connectivity index (χ1) is 18.2. The van der Waals surface area contributed by atoms with Crippen LogP contribution in [0.3, 0.4) is 0 Å². The molecule has 0 radical (unpaired) electrons. The molecule has 11 heteroatoms. The van der Waals surface area contributed by atoms with Gasteiger partial charge in [0.15, 0.2) is 6.61 Å². The highest BCUT2D eigenvalue weighted by molar-refractivity contribution is 6.32. The standard InChI is InChI=1S/C27H22ClFN4O5/c1-16-6-9-18(10-7-16)30-24(34)14-33-26(36)22(32-27(33)37)13-17-8-11-23(19(28)12-17)38-15-25(35)31-21-5-3-2-4-20(21)29/h2-13H,14-15H2,1H3,(H,30,34)(H,31,35)(H,32,37)/b22-13-. The Kier molecular flexibility index (Phi) is 8.03. The molecule has 3 aromatic carbocycles. The van der Waals surface area contributed by atoms with Crippen LogP contribution in [-0.2, 0) is 14.4 Å². The number of rotatable bonds is 8. The summed E-state index contributed by atoms with van der Waals surface area (Å²) >= 11 is 6.25. The van der Waals surface area contributed by atoms with E-state index in [1.165, 1.54) is 36.4 Å². The highest BCUT2D eigenvalue weighted by Gasteiger charge is 2.35. The Morgan fingerprint density at radius 3 is 2.47 bits per heavy atom. The summed E-state index contributed by atoms with van der Waals surface area (Å²) in [6, 6.07) is 16.6. The van der Waals surface area contributed by atoms with Gasteiger partial charge in [0.25, 0.3) is 11.8 Å². The first kappa shape index (κ1) is 26.4. The molecule has 0 bridgehead atoms. The number of benzene rings is 3. The maximum absolute atomic E-state index is 13.7. The third-order valence-corrected chi connectivity index (χ3v) is 5.67. The number of halogens is 2. The molecule has 0 spiro atoms. The Morgan fingerprint density at radius 2 is 1.76 bits per heavy atom. The van der Waals surface area contributed by atoms with Crippen LogP contribution in [0, 0.1) is 12.7 Å². The minimum Gasteiger partial charge on any atom is -0.482 e. The van der Waals surface area contributed by atoms with Crippen LogP contribution in [0.25, 0.3) is 6.08 Å². The van der Waals surface area contributed by atoms with Gasteiger partial charge in [-0.2, -0.15) is 0 Å². The molecular formula is C27H22ClFN4O5. The molecule has 0 aromatic heterocycles. The molecular weight excluding hydrogens is 515 g/mol. The number of nitrogens with zero attached hydrogens (tertiary/aromatic N) is 1. The van der Waals surface area contributed by atoms with Crippen molar-refractivity contribution in [1.29, 1.82) is 0 Å². The number of hydrogen-bond acceptors (Lipinski definition) is 5. The van der Waals surface area contributed by atoms with Gasteiger partial charge in [-0.25, -0.2) is 14.1 Å². The number of imide groups is 1. The number of aryl methyl sites for hydroxylation is 1. The summed E-state index contributed by atoms with van der Waals surface area (Å²) in [5.41, 5.74) is 2.03. The second-order valence-electron chi connectivity index (χ2n) is 8.30. The third-order valence-electron chi connectivity index (χ3n) is 5.37. The molecule has 0 atom stereocenters. The Hall–Kier alpha value is -4.70. The highest BCUT2D eigenvalue weighted by atomic mass is 35.5. The molecule has 1 saturated heterocycles. The zero-order valence-electron chi connectivity index (χ0n) is 20.1. The second-order valence-corrected chi connectivity index (χ2v) is 8.71. The van der Waals surface area contributed by atoms with Crippen molar-refractivity contribution in [3.05, 3.63) is 94.4 Å². The number of amides is 5. The van der Waals surface area contributed by atoms with Crippen molar-refractivity contribution in [3.8, 4) is 5.75 Å². The lowest BCUT2D eigenvalue weighted by molar-refractivity contribution is -0.127. The van der Waals surface area contributed by atoms with Crippen LogP contribution in [-0.4, -0.2) is 41.8 Å². The van der Waals surface area contributed by atoms with Gasteiger partial charge in [-0.05, 0) is 55.0 Å². The summed E-state index contributed by atoms with van der Waals surface area (Å²) in [5, 5.41) is 7.62. The lowest BCUT2D eigenvalue weighted by Gasteiger charge is -2.12. The average molecular weight is 537 g/mol. The predicted molar refractivity (Wildman–Crippen MR) is 140 cm³/mol. The summed E-state index contributed by atoms with van der Waals surface area (Å²) in [6.45, 7) is 1.04. The summed E-state index contributed by atoms with van der Waals surface area (Å²) in [5.74, 6) is -2.16. The SMILES string of the molecule is Cc1ccc(NC(=O)CN2C(=O)N/C(=C\c3ccc(OCC(=O)Nc4ccccc4F)c(Cl)c3)C2=O)cc1. The van der Waals surface area contributed by atoms with Crippen molar-refractivity contribution in [3.63, 3.8) is 0 Å². The number of hydrogen-bond donors (Lipinski definition) is 3. The van der Waals surface area contributed by atoms with Crippen molar-refractivity contribution in [2.45, 2.75) is 6.92 Å². The number of carbonyl (C=O) groups is 4. The molecule has 38 heavy (non-hydrogen) atoms. The molecule has 1 aliphatic heterocycles. The normalized spacial score (nSPS) is 13.9. The molecule has 4 rings (SSSR count). The number of anilines is 2. The molecule has 0 aliphatic carbocycles. The lowest BCUT2D eigenvalue weighted by atomic mass is 10.2. The van der Waals surface area contributed by atoms with Gasteiger partial charge in [-0.3, -0.25) is 14.4 Å². The van der Waals surface area contributed by atoms with E-state index >= 15 is 0 Å². The lowest BCUT2D eigenvalue weighted by Crippen LogP contribution is -2.38. The van der Waals surface area contributed by atoms with E-state index in [0.717, 1.165) is 10.5 Å². The molecule has 0 unspecified atom stereocenters. The Morgan fingerprint density at radius 1 is 1.03 bits per heavy atom. The van der Waals surface area contributed by atoms with E-state index in [0.29, 0.717) is 11.3 Å². The van der Waals surface area contributed by atoms with Gasteiger partial charge in [-0.15, -0.1) is 0 Å². The molecule has 3 aromatic rings. The van der Waals surface area contributed by atoms with Crippen LogP contribution in [0.1, 0.15) is 11.1 Å². The van der Waals surface area contributed by atoms with Gasteiger partial charge in [0.1, 0.15) is 23.8 Å². The van der Waals surface area contributed by atoms with E-state index in [9.17, 15) is 23.6 Å². The summed E-state index contributed by atoms with van der Waals surface area (Å²) in [6.07, 6.45) is 1.40. The first-order valence-electron chi connectivity index (χ1n) is 11.4. The van der Waals surface area contributed by atoms with Gasteiger partial charge in [-0.1, -0.05) is 47.5 Å². The molecule has 0 saturated carbocycles. The molecule has 194 valence electrons. The fourth-order valence-corrected chi connectivity index (χ4v) is 3.72. The number of ether oxygens (including phenoxy) is 1. The molecule has 5 amide bonds. The maximum atomic E-state index is 13.7. The molecule has 1 fully saturated rings. The van der Waals surface area contributed by atoms with Crippen molar-refractivity contribution in [1.82, 2.24) is 10.2 Å². The first-order valence-corrected chi connectivity index (χ1v) is 11.7. The van der Waals surface area contributed by atoms with E-state index in [4.69, 9.17) is 16.3 Å². The quantitative estimate of drug-likeness (QED) is 0.292.